The maximum Gasteiger partial charge on any atom is 0.472 e. The predicted molar refractivity (Wildman–Crippen MR) is 445 cm³/mol. The van der Waals surface area contributed by atoms with Gasteiger partial charge in [-0.05, 0) is 167 Å². The lowest BCUT2D eigenvalue weighted by Crippen LogP contribution is -2.30. The highest BCUT2D eigenvalue weighted by Gasteiger charge is 2.30. The molecule has 0 rings (SSSR count). The van der Waals surface area contributed by atoms with Crippen molar-refractivity contribution in [2.45, 2.75) is 329 Å². The summed E-state index contributed by atoms with van der Waals surface area (Å²) in [4.78, 5) is 73.2. The molecule has 3 N–H and O–H groups in total. The van der Waals surface area contributed by atoms with Gasteiger partial charge < -0.3 is 33.8 Å². The number of aliphatic hydroxyl groups excluding tert-OH is 1. The Kier molecular flexibility index (Phi) is 75.4. The molecule has 0 radical (unpaired) electrons. The number of esters is 4. The average molecular weight is 1550 g/mol. The lowest BCUT2D eigenvalue weighted by Gasteiger charge is -2.21. The van der Waals surface area contributed by atoms with Gasteiger partial charge in [-0.25, -0.2) is 9.13 Å². The summed E-state index contributed by atoms with van der Waals surface area (Å²) in [5, 5.41) is 10.7. The molecule has 0 saturated heterocycles. The highest BCUT2D eigenvalue weighted by atomic mass is 31.2. The first-order valence-electron chi connectivity index (χ1n) is 41.4. The fourth-order valence-corrected chi connectivity index (χ4v) is 12.1. The molecule has 108 heavy (non-hydrogen) atoms. The lowest BCUT2D eigenvalue weighted by molar-refractivity contribution is -0.161. The molecule has 5 unspecified atom stereocenters. The number of phosphoric acid groups is 2. The molecule has 0 aromatic heterocycles. The average Bonchev–Trinajstić information content (AvgIpc) is 0.896. The zero-order valence-corrected chi connectivity index (χ0v) is 69.0. The Bertz CT molecular complexity index is 2710. The molecule has 0 saturated carbocycles. The van der Waals surface area contributed by atoms with E-state index >= 15 is 0 Å². The van der Waals surface area contributed by atoms with Crippen molar-refractivity contribution in [3.8, 4) is 0 Å². The number of ether oxygens (including phenoxy) is 4. The van der Waals surface area contributed by atoms with Crippen LogP contribution in [0.15, 0.2) is 170 Å². The van der Waals surface area contributed by atoms with Gasteiger partial charge in [-0.1, -0.05) is 288 Å². The topological polar surface area (TPSA) is 237 Å². The molecule has 0 spiro atoms. The van der Waals surface area contributed by atoms with Crippen LogP contribution in [0, 0.1) is 0 Å². The Morgan fingerprint density at radius 3 is 0.694 bits per heavy atom. The first-order chi connectivity index (χ1) is 52.7. The molecule has 0 aliphatic heterocycles. The molecule has 17 nitrogen and oxygen atoms in total. The van der Waals surface area contributed by atoms with E-state index in [4.69, 9.17) is 37.0 Å². The molecule has 19 heteroatoms. The molecule has 0 amide bonds. The standard InChI is InChI=1S/C89H146O17P2/c1-5-9-13-17-21-25-29-33-37-39-41-43-47-50-54-58-62-66-70-74-87(92)100-80-85(106-89(94)76-72-68-64-60-56-52-48-44-42-40-38-34-30-26-22-18-14-10-6-2)82-104-108(97,98)102-78-83(90)77-101-107(95,96)103-81-84(105-88(93)75-71-67-63-59-55-51-46-36-32-28-24-20-16-12-8-4)79-99-86(91)73-69-65-61-57-53-49-45-35-31-27-23-19-15-11-7-3/h9-16,21-28,33-38,41-46,83-85,90H,5-8,17-20,29-32,39-40,47-82H2,1-4H3,(H,95,96)(H,97,98)/b13-9-,14-10-,15-11-,16-12-,25-21-,26-22-,27-23-,28-24-,37-33-,38-34-,43-41-,44-42-,45-35-,46-36-. The highest BCUT2D eigenvalue weighted by Crippen LogP contribution is 2.45. The minimum absolute atomic E-state index is 0.0660. The number of carbonyl (C=O) groups excluding carboxylic acids is 4. The fraction of sp³-hybridized carbons (Fsp3) is 0.640. The van der Waals surface area contributed by atoms with Gasteiger partial charge in [0.05, 0.1) is 26.4 Å². The largest absolute Gasteiger partial charge is 0.472 e. The van der Waals surface area contributed by atoms with E-state index in [1.807, 2.05) is 0 Å². The van der Waals surface area contributed by atoms with E-state index in [9.17, 15) is 43.2 Å². The molecule has 0 aromatic carbocycles. The van der Waals surface area contributed by atoms with Gasteiger partial charge in [-0.15, -0.1) is 0 Å². The molecule has 614 valence electrons. The number of hydrogen-bond acceptors (Lipinski definition) is 15. The maximum atomic E-state index is 13.1. The van der Waals surface area contributed by atoms with E-state index in [-0.39, 0.29) is 25.7 Å². The maximum absolute atomic E-state index is 13.1. The van der Waals surface area contributed by atoms with Crippen LogP contribution >= 0.6 is 15.6 Å². The van der Waals surface area contributed by atoms with E-state index < -0.39 is 97.5 Å². The van der Waals surface area contributed by atoms with Crippen LogP contribution < -0.4 is 0 Å². The normalized spacial score (nSPS) is 14.7. The molecule has 0 heterocycles. The van der Waals surface area contributed by atoms with Crippen molar-refractivity contribution in [2.24, 2.45) is 0 Å². The third-order valence-corrected chi connectivity index (χ3v) is 18.6. The summed E-state index contributed by atoms with van der Waals surface area (Å²) in [6.45, 7) is 4.36. The molecule has 0 fully saturated rings. The van der Waals surface area contributed by atoms with Gasteiger partial charge in [0.1, 0.15) is 19.3 Å². The Balaban J connectivity index is 5.44. The Morgan fingerprint density at radius 2 is 0.454 bits per heavy atom. The monoisotopic (exact) mass is 1550 g/mol. The molecule has 5 atom stereocenters. The number of hydrogen-bond donors (Lipinski definition) is 3. The molecule has 0 aliphatic rings. The number of phosphoric ester groups is 2. The van der Waals surface area contributed by atoms with E-state index in [1.165, 1.54) is 0 Å². The Hall–Kier alpha value is -5.58. The zero-order chi connectivity index (χ0) is 78.9. The van der Waals surface area contributed by atoms with Crippen LogP contribution in [0.25, 0.3) is 0 Å². The van der Waals surface area contributed by atoms with E-state index in [0.717, 1.165) is 231 Å². The summed E-state index contributed by atoms with van der Waals surface area (Å²) >= 11 is 0. The van der Waals surface area contributed by atoms with Crippen molar-refractivity contribution in [2.75, 3.05) is 39.6 Å². The molecular formula is C89H146O17P2. The van der Waals surface area contributed by atoms with Crippen molar-refractivity contribution in [1.82, 2.24) is 0 Å². The molecule has 0 bridgehead atoms. The Morgan fingerprint density at radius 1 is 0.259 bits per heavy atom. The van der Waals surface area contributed by atoms with Gasteiger partial charge in [-0.3, -0.25) is 37.3 Å². The second-order valence-corrected chi connectivity index (χ2v) is 29.8. The van der Waals surface area contributed by atoms with E-state index in [0.29, 0.717) is 25.7 Å². The van der Waals surface area contributed by atoms with Crippen molar-refractivity contribution in [1.29, 1.82) is 0 Å². The van der Waals surface area contributed by atoms with Gasteiger partial charge >= 0.3 is 39.5 Å². The number of aliphatic hydroxyl groups is 1. The van der Waals surface area contributed by atoms with Crippen LogP contribution in [0.5, 0.6) is 0 Å². The van der Waals surface area contributed by atoms with Crippen LogP contribution in [0.1, 0.15) is 310 Å². The summed E-state index contributed by atoms with van der Waals surface area (Å²) in [5.74, 6) is -2.25. The van der Waals surface area contributed by atoms with Gasteiger partial charge in [0.2, 0.25) is 0 Å². The van der Waals surface area contributed by atoms with Crippen LogP contribution in [-0.2, 0) is 65.4 Å². The summed E-state index contributed by atoms with van der Waals surface area (Å²) in [5.41, 5.74) is 0. The van der Waals surface area contributed by atoms with E-state index in [1.54, 1.807) is 0 Å². The quantitative estimate of drug-likeness (QED) is 0.0169. The van der Waals surface area contributed by atoms with Gasteiger partial charge in [-0.2, -0.15) is 0 Å². The third-order valence-electron chi connectivity index (χ3n) is 16.7. The van der Waals surface area contributed by atoms with Crippen LogP contribution in [0.3, 0.4) is 0 Å². The molecular weight excluding hydrogens is 1400 g/mol. The highest BCUT2D eigenvalue weighted by molar-refractivity contribution is 7.47. The second kappa shape index (κ2) is 79.5. The van der Waals surface area contributed by atoms with Crippen molar-refractivity contribution in [3.63, 3.8) is 0 Å². The predicted octanol–water partition coefficient (Wildman–Crippen LogP) is 24.6. The van der Waals surface area contributed by atoms with Crippen molar-refractivity contribution < 1.29 is 80.2 Å². The summed E-state index contributed by atoms with van der Waals surface area (Å²) in [6, 6.07) is 0. The van der Waals surface area contributed by atoms with Crippen molar-refractivity contribution in [3.05, 3.63) is 170 Å². The first kappa shape index (κ1) is 102. The number of rotatable bonds is 76. The summed E-state index contributed by atoms with van der Waals surface area (Å²) in [6.07, 6.45) is 94.6. The first-order valence-corrected chi connectivity index (χ1v) is 44.4. The smallest absolute Gasteiger partial charge is 0.462 e. The van der Waals surface area contributed by atoms with Crippen LogP contribution in [0.4, 0.5) is 0 Å². The summed E-state index contributed by atoms with van der Waals surface area (Å²) < 4.78 is 68.7. The minimum Gasteiger partial charge on any atom is -0.462 e. The molecule has 0 aliphatic carbocycles. The van der Waals surface area contributed by atoms with Gasteiger partial charge in [0, 0.05) is 25.7 Å². The minimum atomic E-state index is -5.00. The number of unbranched alkanes of at least 4 members (excludes halogenated alkanes) is 22. The third kappa shape index (κ3) is 78.5. The SMILES string of the molecule is CC/C=C\C/C=C\C/C=C\C/C=C\CCCCCCCCC(=O)OCC(COP(=O)(O)OCC(O)COP(=O)(O)OCC(COC(=O)CCCCCCC/C=C\C/C=C\C/C=C\CC)OC(=O)CCCCCCC/C=C\C/C=C\C/C=C\CC)OC(=O)CCCCCCCC/C=C\C/C=C\C/C=C\C/C=C\CC. The van der Waals surface area contributed by atoms with E-state index in [2.05, 4.69) is 198 Å². The second-order valence-electron chi connectivity index (χ2n) is 26.9. The van der Waals surface area contributed by atoms with Gasteiger partial charge in [0.25, 0.3) is 0 Å². The van der Waals surface area contributed by atoms with Crippen LogP contribution in [0.2, 0.25) is 0 Å². The number of allylic oxidation sites excluding steroid dienone is 28. The van der Waals surface area contributed by atoms with Crippen LogP contribution in [-0.4, -0.2) is 96.7 Å². The zero-order valence-electron chi connectivity index (χ0n) is 67.2. The number of carbonyl (C=O) groups is 4. The van der Waals surface area contributed by atoms with Crippen molar-refractivity contribution >= 4 is 39.5 Å². The fourth-order valence-electron chi connectivity index (χ4n) is 10.5. The van der Waals surface area contributed by atoms with Gasteiger partial charge in [0.15, 0.2) is 12.2 Å². The Labute approximate surface area is 654 Å². The molecule has 0 aromatic rings. The summed E-state index contributed by atoms with van der Waals surface area (Å²) in [7, 11) is -10.00. The lowest BCUT2D eigenvalue weighted by atomic mass is 10.1.